The largest absolute Gasteiger partial charge is 0.288 e. The first-order chi connectivity index (χ1) is 9.11. The lowest BCUT2D eigenvalue weighted by Gasteiger charge is -2.12. The summed E-state index contributed by atoms with van der Waals surface area (Å²) in [7, 11) is 0. The number of hydrogen-bond acceptors (Lipinski definition) is 5. The summed E-state index contributed by atoms with van der Waals surface area (Å²) in [5.74, 6) is -0.252. The molecule has 1 aromatic carbocycles. The second-order valence-corrected chi connectivity index (χ2v) is 5.25. The van der Waals surface area contributed by atoms with Crippen LogP contribution in [0.2, 0.25) is 0 Å². The lowest BCUT2D eigenvalue weighted by molar-refractivity contribution is -0.109. The van der Waals surface area contributed by atoms with Gasteiger partial charge in [-0.2, -0.15) is 0 Å². The lowest BCUT2D eigenvalue weighted by Crippen LogP contribution is -2.30. The molecule has 0 bridgehead atoms. The van der Waals surface area contributed by atoms with E-state index in [1.165, 1.54) is 18.7 Å². The Kier molecular flexibility index (Phi) is 4.34. The molecule has 0 aliphatic carbocycles. The Morgan fingerprint density at radius 1 is 1.21 bits per heavy atom. The summed E-state index contributed by atoms with van der Waals surface area (Å²) in [4.78, 5) is 39.7. The van der Waals surface area contributed by atoms with Crippen LogP contribution in [0.5, 0.6) is 0 Å². The lowest BCUT2D eigenvalue weighted by atomic mass is 10.1. The molecule has 2 amide bonds. The van der Waals surface area contributed by atoms with Crippen LogP contribution in [-0.4, -0.2) is 34.4 Å². The SMILES string of the molecule is CC(=O)SCCCON1C(=O)c2ccccc2C1=O. The van der Waals surface area contributed by atoms with Crippen molar-refractivity contribution in [1.29, 1.82) is 0 Å². The van der Waals surface area contributed by atoms with Gasteiger partial charge in [0.15, 0.2) is 5.12 Å². The zero-order chi connectivity index (χ0) is 13.8. The minimum absolute atomic E-state index is 0.0423. The second kappa shape index (κ2) is 5.99. The van der Waals surface area contributed by atoms with E-state index in [1.54, 1.807) is 24.3 Å². The number of imide groups is 1. The number of carbonyl (C=O) groups excluding carboxylic acids is 3. The molecule has 1 heterocycles. The first-order valence-electron chi connectivity index (χ1n) is 5.85. The molecular weight excluding hydrogens is 266 g/mol. The van der Waals surface area contributed by atoms with E-state index in [4.69, 9.17) is 4.84 Å². The molecule has 0 unspecified atom stereocenters. The fraction of sp³-hybridized carbons (Fsp3) is 0.308. The molecule has 0 saturated heterocycles. The number of hydrogen-bond donors (Lipinski definition) is 0. The molecule has 6 heteroatoms. The summed E-state index contributed by atoms with van der Waals surface area (Å²) in [6, 6.07) is 6.61. The topological polar surface area (TPSA) is 63.7 Å². The molecule has 1 aliphatic heterocycles. The van der Waals surface area contributed by atoms with Crippen molar-refractivity contribution >= 4 is 28.7 Å². The number of amides is 2. The van der Waals surface area contributed by atoms with Gasteiger partial charge >= 0.3 is 0 Å². The fourth-order valence-electron chi connectivity index (χ4n) is 1.72. The van der Waals surface area contributed by atoms with Gasteiger partial charge in [0.1, 0.15) is 0 Å². The molecule has 0 atom stereocenters. The average Bonchev–Trinajstić information content (AvgIpc) is 2.63. The van der Waals surface area contributed by atoms with Crippen molar-refractivity contribution in [2.45, 2.75) is 13.3 Å². The summed E-state index contributed by atoms with van der Waals surface area (Å²) in [6.07, 6.45) is 0.595. The van der Waals surface area contributed by atoms with Gasteiger partial charge in [-0.3, -0.25) is 19.2 Å². The third kappa shape index (κ3) is 3.02. The maximum atomic E-state index is 11.9. The van der Waals surface area contributed by atoms with Gasteiger partial charge in [-0.15, -0.1) is 5.06 Å². The van der Waals surface area contributed by atoms with Gasteiger partial charge < -0.3 is 0 Å². The highest BCUT2D eigenvalue weighted by Crippen LogP contribution is 2.22. The highest BCUT2D eigenvalue weighted by atomic mass is 32.2. The highest BCUT2D eigenvalue weighted by molar-refractivity contribution is 8.13. The second-order valence-electron chi connectivity index (χ2n) is 3.98. The van der Waals surface area contributed by atoms with E-state index < -0.39 is 11.8 Å². The van der Waals surface area contributed by atoms with Gasteiger partial charge in [0, 0.05) is 12.7 Å². The standard InChI is InChI=1S/C13H13NO4S/c1-9(15)19-8-4-7-18-14-12(16)10-5-2-3-6-11(10)13(14)17/h2-3,5-6H,4,7-8H2,1H3. The molecule has 0 saturated carbocycles. The van der Waals surface area contributed by atoms with Crippen LogP contribution in [0, 0.1) is 0 Å². The third-order valence-electron chi connectivity index (χ3n) is 2.57. The zero-order valence-electron chi connectivity index (χ0n) is 10.4. The molecule has 0 fully saturated rings. The summed E-state index contributed by atoms with van der Waals surface area (Å²) >= 11 is 1.20. The summed E-state index contributed by atoms with van der Waals surface area (Å²) in [5, 5.41) is 0.837. The van der Waals surface area contributed by atoms with Crippen LogP contribution in [0.25, 0.3) is 0 Å². The number of hydroxylamine groups is 2. The summed E-state index contributed by atoms with van der Waals surface area (Å²) < 4.78 is 0. The predicted molar refractivity (Wildman–Crippen MR) is 70.7 cm³/mol. The normalized spacial score (nSPS) is 13.8. The molecule has 0 N–H and O–H groups in total. The molecule has 5 nitrogen and oxygen atoms in total. The summed E-state index contributed by atoms with van der Waals surface area (Å²) in [5.41, 5.74) is 0.733. The first-order valence-corrected chi connectivity index (χ1v) is 6.84. The number of nitrogens with zero attached hydrogens (tertiary/aromatic N) is 1. The number of benzene rings is 1. The van der Waals surface area contributed by atoms with Crippen LogP contribution in [0.1, 0.15) is 34.1 Å². The van der Waals surface area contributed by atoms with Gasteiger partial charge in [0.05, 0.1) is 17.7 Å². The fourth-order valence-corrected chi connectivity index (χ4v) is 2.26. The Morgan fingerprint density at radius 2 is 1.79 bits per heavy atom. The van der Waals surface area contributed by atoms with Gasteiger partial charge in [0.2, 0.25) is 0 Å². The Balaban J connectivity index is 1.88. The van der Waals surface area contributed by atoms with Crippen molar-refractivity contribution in [2.75, 3.05) is 12.4 Å². The molecular formula is C13H13NO4S. The molecule has 1 aliphatic rings. The van der Waals surface area contributed by atoms with Gasteiger partial charge in [-0.05, 0) is 18.6 Å². The van der Waals surface area contributed by atoms with E-state index in [2.05, 4.69) is 0 Å². The Bertz CT molecular complexity index is 494. The van der Waals surface area contributed by atoms with E-state index in [0.717, 1.165) is 5.06 Å². The van der Waals surface area contributed by atoms with Crippen molar-refractivity contribution in [3.8, 4) is 0 Å². The van der Waals surface area contributed by atoms with Crippen molar-refractivity contribution in [2.24, 2.45) is 0 Å². The van der Waals surface area contributed by atoms with E-state index in [1.807, 2.05) is 0 Å². The van der Waals surface area contributed by atoms with Crippen LogP contribution < -0.4 is 0 Å². The molecule has 2 rings (SSSR count). The van der Waals surface area contributed by atoms with Crippen molar-refractivity contribution < 1.29 is 19.2 Å². The predicted octanol–water partition coefficient (Wildman–Crippen LogP) is 1.88. The zero-order valence-corrected chi connectivity index (χ0v) is 11.2. The van der Waals surface area contributed by atoms with E-state index in [0.29, 0.717) is 23.3 Å². The quantitative estimate of drug-likeness (QED) is 0.608. The number of fused-ring (bicyclic) bond motifs is 1. The maximum absolute atomic E-state index is 11.9. The Hall–Kier alpha value is -1.66. The highest BCUT2D eigenvalue weighted by Gasteiger charge is 2.36. The first kappa shape index (κ1) is 13.8. The Morgan fingerprint density at radius 3 is 2.32 bits per heavy atom. The van der Waals surface area contributed by atoms with Gasteiger partial charge in [-0.25, -0.2) is 0 Å². The summed E-state index contributed by atoms with van der Waals surface area (Å²) in [6.45, 7) is 1.72. The molecule has 1 aromatic rings. The molecule has 0 radical (unpaired) electrons. The van der Waals surface area contributed by atoms with Crippen molar-refractivity contribution in [3.05, 3.63) is 35.4 Å². The number of carbonyl (C=O) groups is 3. The van der Waals surface area contributed by atoms with Crippen molar-refractivity contribution in [3.63, 3.8) is 0 Å². The monoisotopic (exact) mass is 279 g/mol. The van der Waals surface area contributed by atoms with Crippen LogP contribution >= 0.6 is 11.8 Å². The Labute approximate surface area is 114 Å². The molecule has 100 valence electrons. The molecule has 19 heavy (non-hydrogen) atoms. The van der Waals surface area contributed by atoms with Crippen LogP contribution in [-0.2, 0) is 9.63 Å². The molecule has 0 spiro atoms. The van der Waals surface area contributed by atoms with E-state index >= 15 is 0 Å². The number of rotatable bonds is 5. The van der Waals surface area contributed by atoms with Crippen LogP contribution in [0.3, 0.4) is 0 Å². The van der Waals surface area contributed by atoms with Gasteiger partial charge in [0.25, 0.3) is 11.8 Å². The van der Waals surface area contributed by atoms with E-state index in [-0.39, 0.29) is 11.7 Å². The van der Waals surface area contributed by atoms with Gasteiger partial charge in [-0.1, -0.05) is 23.9 Å². The van der Waals surface area contributed by atoms with Crippen molar-refractivity contribution in [1.82, 2.24) is 5.06 Å². The van der Waals surface area contributed by atoms with Crippen LogP contribution in [0.4, 0.5) is 0 Å². The number of thioether (sulfide) groups is 1. The minimum Gasteiger partial charge on any atom is -0.288 e. The minimum atomic E-state index is -0.431. The smallest absolute Gasteiger partial charge is 0.285 e. The molecule has 0 aromatic heterocycles. The average molecular weight is 279 g/mol. The van der Waals surface area contributed by atoms with E-state index in [9.17, 15) is 14.4 Å². The maximum Gasteiger partial charge on any atom is 0.285 e. The van der Waals surface area contributed by atoms with Crippen LogP contribution in [0.15, 0.2) is 24.3 Å². The third-order valence-corrected chi connectivity index (χ3v) is 3.47.